The highest BCUT2D eigenvalue weighted by atomic mass is 16.3. The lowest BCUT2D eigenvalue weighted by molar-refractivity contribution is 0.273. The van der Waals surface area contributed by atoms with E-state index in [2.05, 4.69) is 20.7 Å². The molecule has 1 atom stereocenters. The summed E-state index contributed by atoms with van der Waals surface area (Å²) in [6, 6.07) is 9.92. The van der Waals surface area contributed by atoms with Crippen LogP contribution in [0.4, 0.5) is 11.6 Å². The van der Waals surface area contributed by atoms with Gasteiger partial charge in [0.25, 0.3) is 0 Å². The van der Waals surface area contributed by atoms with E-state index in [1.54, 1.807) is 0 Å². The number of hydrogen-bond acceptors (Lipinski definition) is 6. The largest absolute Gasteiger partial charge is 0.394 e. The summed E-state index contributed by atoms with van der Waals surface area (Å²) in [5.74, 6) is 6.77. The van der Waals surface area contributed by atoms with Crippen molar-refractivity contribution in [2.45, 2.75) is 25.8 Å². The van der Waals surface area contributed by atoms with Crippen LogP contribution >= 0.6 is 0 Å². The second-order valence-electron chi connectivity index (χ2n) is 4.76. The van der Waals surface area contributed by atoms with Crippen LogP contribution < -0.4 is 16.6 Å². The molecule has 0 amide bonds. The molecule has 0 bridgehead atoms. The number of aromatic nitrogens is 2. The van der Waals surface area contributed by atoms with Gasteiger partial charge < -0.3 is 15.8 Å². The summed E-state index contributed by atoms with van der Waals surface area (Å²) < 4.78 is 0. The first-order valence-corrected chi connectivity index (χ1v) is 7.00. The summed E-state index contributed by atoms with van der Waals surface area (Å²) in [6.07, 6.45) is 2.91. The van der Waals surface area contributed by atoms with Crippen molar-refractivity contribution in [2.75, 3.05) is 17.3 Å². The molecule has 6 heteroatoms. The van der Waals surface area contributed by atoms with Crippen molar-refractivity contribution in [1.29, 1.82) is 0 Å². The van der Waals surface area contributed by atoms with Gasteiger partial charge in [-0.25, -0.2) is 15.8 Å². The Hall–Kier alpha value is -2.18. The first-order valence-electron chi connectivity index (χ1n) is 7.00. The molecule has 0 aliphatic heterocycles. The summed E-state index contributed by atoms with van der Waals surface area (Å²) in [6.45, 7) is 2.03. The number of nitrogens with one attached hydrogen (secondary N) is 2. The second-order valence-corrected chi connectivity index (χ2v) is 4.76. The summed E-state index contributed by atoms with van der Waals surface area (Å²) >= 11 is 0. The average molecular weight is 287 g/mol. The van der Waals surface area contributed by atoms with Gasteiger partial charge in [0, 0.05) is 5.56 Å². The van der Waals surface area contributed by atoms with Gasteiger partial charge in [-0.1, -0.05) is 37.3 Å². The predicted molar refractivity (Wildman–Crippen MR) is 83.9 cm³/mol. The van der Waals surface area contributed by atoms with Gasteiger partial charge in [0.15, 0.2) is 0 Å². The Bertz CT molecular complexity index is 561. The molecule has 6 nitrogen and oxygen atoms in total. The second kappa shape index (κ2) is 7.56. The highest BCUT2D eigenvalue weighted by Gasteiger charge is 2.14. The van der Waals surface area contributed by atoms with Gasteiger partial charge >= 0.3 is 0 Å². The van der Waals surface area contributed by atoms with Crippen molar-refractivity contribution in [1.82, 2.24) is 9.97 Å². The molecule has 0 saturated carbocycles. The Morgan fingerprint density at radius 1 is 1.19 bits per heavy atom. The molecule has 0 aliphatic carbocycles. The number of hydrogen-bond donors (Lipinski definition) is 4. The quantitative estimate of drug-likeness (QED) is 0.453. The lowest BCUT2D eigenvalue weighted by Gasteiger charge is -2.19. The van der Waals surface area contributed by atoms with Crippen molar-refractivity contribution in [3.63, 3.8) is 0 Å². The fourth-order valence-electron chi connectivity index (χ4n) is 2.25. The summed E-state index contributed by atoms with van der Waals surface area (Å²) in [5.41, 5.74) is 4.64. The van der Waals surface area contributed by atoms with E-state index >= 15 is 0 Å². The van der Waals surface area contributed by atoms with Crippen molar-refractivity contribution < 1.29 is 5.11 Å². The van der Waals surface area contributed by atoms with Crippen molar-refractivity contribution in [3.8, 4) is 0 Å². The Balaban J connectivity index is 2.15. The molecular weight excluding hydrogens is 266 g/mol. The number of hydrazine groups is 1. The molecule has 1 aromatic heterocycles. The van der Waals surface area contributed by atoms with E-state index in [0.717, 1.165) is 24.0 Å². The molecule has 0 saturated heterocycles. The minimum atomic E-state index is -0.113. The minimum Gasteiger partial charge on any atom is -0.394 e. The van der Waals surface area contributed by atoms with Crippen LogP contribution in [0.3, 0.4) is 0 Å². The van der Waals surface area contributed by atoms with Crippen LogP contribution in [0.25, 0.3) is 0 Å². The van der Waals surface area contributed by atoms with E-state index in [1.165, 1.54) is 6.33 Å². The molecule has 1 heterocycles. The zero-order valence-corrected chi connectivity index (χ0v) is 12.1. The molecular formula is C15H21N5O. The van der Waals surface area contributed by atoms with Crippen LogP contribution in [0.15, 0.2) is 36.7 Å². The predicted octanol–water partition coefficient (Wildman–Crippen LogP) is 1.34. The third-order valence-electron chi connectivity index (χ3n) is 3.32. The van der Waals surface area contributed by atoms with Crippen LogP contribution in [0.1, 0.15) is 18.1 Å². The molecule has 1 aromatic carbocycles. The molecule has 2 rings (SSSR count). The number of aliphatic hydroxyl groups excluding tert-OH is 1. The van der Waals surface area contributed by atoms with E-state index in [9.17, 15) is 5.11 Å². The molecule has 2 aromatic rings. The number of nitrogen functional groups attached to an aromatic ring is 1. The summed E-state index contributed by atoms with van der Waals surface area (Å²) in [5, 5.41) is 12.9. The fourth-order valence-corrected chi connectivity index (χ4v) is 2.25. The van der Waals surface area contributed by atoms with Crippen molar-refractivity contribution in [2.24, 2.45) is 5.84 Å². The first-order chi connectivity index (χ1) is 10.3. The smallest absolute Gasteiger partial charge is 0.148 e. The highest BCUT2D eigenvalue weighted by Crippen LogP contribution is 2.20. The number of aliphatic hydroxyl groups is 1. The Kier molecular flexibility index (Phi) is 5.48. The van der Waals surface area contributed by atoms with Crippen LogP contribution in [-0.2, 0) is 12.8 Å². The van der Waals surface area contributed by atoms with Gasteiger partial charge in [-0.3, -0.25) is 0 Å². The molecule has 112 valence electrons. The number of rotatable bonds is 7. The van der Waals surface area contributed by atoms with Gasteiger partial charge in [-0.2, -0.15) is 0 Å². The Morgan fingerprint density at radius 2 is 1.90 bits per heavy atom. The monoisotopic (exact) mass is 287 g/mol. The topological polar surface area (TPSA) is 96.1 Å². The van der Waals surface area contributed by atoms with E-state index in [1.807, 2.05) is 37.3 Å². The fraction of sp³-hybridized carbons (Fsp3) is 0.333. The summed E-state index contributed by atoms with van der Waals surface area (Å²) in [7, 11) is 0. The Morgan fingerprint density at radius 3 is 2.52 bits per heavy atom. The maximum atomic E-state index is 9.59. The van der Waals surface area contributed by atoms with Gasteiger partial charge in [0.2, 0.25) is 0 Å². The van der Waals surface area contributed by atoms with Gasteiger partial charge in [-0.15, -0.1) is 0 Å². The first kappa shape index (κ1) is 15.2. The zero-order valence-electron chi connectivity index (χ0n) is 12.1. The van der Waals surface area contributed by atoms with Gasteiger partial charge in [0.05, 0.1) is 12.6 Å². The molecule has 0 fully saturated rings. The number of benzene rings is 1. The molecule has 5 N–H and O–H groups in total. The van der Waals surface area contributed by atoms with Crippen molar-refractivity contribution >= 4 is 11.6 Å². The highest BCUT2D eigenvalue weighted by molar-refractivity contribution is 5.57. The SMILES string of the molecule is CCc1c(NN)ncnc1NC(CO)Cc1ccccc1. The van der Waals surface area contributed by atoms with Crippen LogP contribution in [-0.4, -0.2) is 27.7 Å². The van der Waals surface area contributed by atoms with Crippen LogP contribution in [0, 0.1) is 0 Å². The van der Waals surface area contributed by atoms with Gasteiger partial charge in [0.1, 0.15) is 18.0 Å². The standard InChI is InChI=1S/C15H21N5O/c1-2-13-14(17-10-18-15(13)20-16)19-12(9-21)8-11-6-4-3-5-7-11/h3-7,10,12,21H,2,8-9,16H2,1H3,(H2,17,18,19,20). The third-order valence-corrected chi connectivity index (χ3v) is 3.32. The van der Waals surface area contributed by atoms with Crippen LogP contribution in [0.2, 0.25) is 0 Å². The Labute approximate surface area is 124 Å². The lowest BCUT2D eigenvalue weighted by atomic mass is 10.1. The number of anilines is 2. The van der Waals surface area contributed by atoms with E-state index in [-0.39, 0.29) is 12.6 Å². The van der Waals surface area contributed by atoms with Crippen LogP contribution in [0.5, 0.6) is 0 Å². The third kappa shape index (κ3) is 3.90. The molecule has 0 aliphatic rings. The number of nitrogens with two attached hydrogens (primary N) is 1. The van der Waals surface area contributed by atoms with E-state index in [0.29, 0.717) is 11.6 Å². The average Bonchev–Trinajstić information content (AvgIpc) is 2.54. The molecule has 0 spiro atoms. The maximum Gasteiger partial charge on any atom is 0.148 e. The normalized spacial score (nSPS) is 12.0. The molecule has 0 radical (unpaired) electrons. The zero-order chi connectivity index (χ0) is 15.1. The van der Waals surface area contributed by atoms with E-state index in [4.69, 9.17) is 5.84 Å². The lowest BCUT2D eigenvalue weighted by Crippen LogP contribution is -2.28. The number of nitrogens with zero attached hydrogens (tertiary/aromatic N) is 2. The maximum absolute atomic E-state index is 9.59. The summed E-state index contributed by atoms with van der Waals surface area (Å²) in [4.78, 5) is 8.35. The minimum absolute atomic E-state index is 0.0213. The molecule has 21 heavy (non-hydrogen) atoms. The molecule has 1 unspecified atom stereocenters. The van der Waals surface area contributed by atoms with E-state index < -0.39 is 0 Å². The van der Waals surface area contributed by atoms with Crippen molar-refractivity contribution in [3.05, 3.63) is 47.8 Å². The van der Waals surface area contributed by atoms with Gasteiger partial charge in [-0.05, 0) is 18.4 Å².